The summed E-state index contributed by atoms with van der Waals surface area (Å²) >= 11 is 0. The van der Waals surface area contributed by atoms with Crippen LogP contribution in [0.25, 0.3) is 0 Å². The fourth-order valence-corrected chi connectivity index (χ4v) is 2.25. The quantitative estimate of drug-likeness (QED) is 0.678. The molecule has 1 aromatic rings. The number of pyridine rings is 1. The summed E-state index contributed by atoms with van der Waals surface area (Å²) in [5.74, 6) is 0.439. The molecule has 20 heavy (non-hydrogen) atoms. The number of fused-ring (bicyclic) bond motifs is 1. The van der Waals surface area contributed by atoms with Crippen LogP contribution in [-0.2, 0) is 22.3 Å². The third-order valence-corrected chi connectivity index (χ3v) is 3.24. The van der Waals surface area contributed by atoms with Gasteiger partial charge in [-0.15, -0.1) is 0 Å². The lowest BCUT2D eigenvalue weighted by molar-refractivity contribution is 0.0794. The zero-order valence-electron chi connectivity index (χ0n) is 11.9. The summed E-state index contributed by atoms with van der Waals surface area (Å²) in [4.78, 5) is 4.45. The molecule has 2 rings (SSSR count). The van der Waals surface area contributed by atoms with E-state index in [2.05, 4.69) is 11.1 Å². The Hall–Kier alpha value is -1.64. The molecule has 0 atom stereocenters. The third kappa shape index (κ3) is 3.92. The normalized spacial score (nSPS) is 13.0. The minimum absolute atomic E-state index is 0.410. The lowest BCUT2D eigenvalue weighted by Crippen LogP contribution is -2.10. The Labute approximate surface area is 119 Å². The van der Waals surface area contributed by atoms with Crippen LogP contribution in [-0.4, -0.2) is 38.5 Å². The molecular formula is C15H20N2O3. The first-order valence-electron chi connectivity index (χ1n) is 6.97. The number of methoxy groups -OCH3 is 1. The van der Waals surface area contributed by atoms with Crippen LogP contribution in [0.2, 0.25) is 0 Å². The first-order valence-corrected chi connectivity index (χ1v) is 6.97. The van der Waals surface area contributed by atoms with Gasteiger partial charge in [0, 0.05) is 26.0 Å². The topological polar surface area (TPSA) is 64.4 Å². The Morgan fingerprint density at radius 3 is 2.95 bits per heavy atom. The van der Waals surface area contributed by atoms with Crippen LogP contribution < -0.4 is 4.74 Å². The Kier molecular flexibility index (Phi) is 5.78. The van der Waals surface area contributed by atoms with Crippen LogP contribution >= 0.6 is 0 Å². The van der Waals surface area contributed by atoms with Crippen LogP contribution in [0, 0.1) is 11.3 Å². The second-order valence-electron chi connectivity index (χ2n) is 4.72. The number of rotatable bonds is 8. The minimum atomic E-state index is 0.410. The Morgan fingerprint density at radius 1 is 1.25 bits per heavy atom. The van der Waals surface area contributed by atoms with E-state index in [0.29, 0.717) is 37.9 Å². The van der Waals surface area contributed by atoms with Crippen LogP contribution in [0.3, 0.4) is 0 Å². The summed E-state index contributed by atoms with van der Waals surface area (Å²) in [6.45, 7) is 2.26. The summed E-state index contributed by atoms with van der Waals surface area (Å²) in [6, 6.07) is 4.06. The van der Waals surface area contributed by atoms with E-state index in [1.807, 2.05) is 6.07 Å². The summed E-state index contributed by atoms with van der Waals surface area (Å²) in [5, 5.41) is 9.13. The molecule has 0 N–H and O–H groups in total. The standard InChI is InChI=1S/C15H20N2O3/c1-18-6-3-7-19-8-9-20-15-13(11-16)10-12-4-2-5-14(12)17-15/h10H,2-9H2,1H3. The highest BCUT2D eigenvalue weighted by Crippen LogP contribution is 2.26. The number of hydrogen-bond acceptors (Lipinski definition) is 5. The van der Waals surface area contributed by atoms with Gasteiger partial charge < -0.3 is 14.2 Å². The molecule has 0 radical (unpaired) electrons. The van der Waals surface area contributed by atoms with E-state index in [1.54, 1.807) is 7.11 Å². The van der Waals surface area contributed by atoms with Gasteiger partial charge in [-0.1, -0.05) is 0 Å². The molecule has 108 valence electrons. The fraction of sp³-hybridized carbons (Fsp3) is 0.600. The molecule has 5 nitrogen and oxygen atoms in total. The molecule has 0 aromatic carbocycles. The number of aromatic nitrogens is 1. The van der Waals surface area contributed by atoms with Crippen LogP contribution in [0.5, 0.6) is 5.88 Å². The molecule has 1 aromatic heterocycles. The molecule has 0 saturated carbocycles. The largest absolute Gasteiger partial charge is 0.474 e. The van der Waals surface area contributed by atoms with Gasteiger partial charge in [-0.05, 0) is 37.3 Å². The maximum atomic E-state index is 9.13. The predicted octanol–water partition coefficient (Wildman–Crippen LogP) is 1.87. The smallest absolute Gasteiger partial charge is 0.232 e. The van der Waals surface area contributed by atoms with Gasteiger partial charge in [0.2, 0.25) is 5.88 Å². The minimum Gasteiger partial charge on any atom is -0.474 e. The zero-order chi connectivity index (χ0) is 14.2. The molecule has 0 saturated heterocycles. The number of aryl methyl sites for hydroxylation is 2. The number of hydrogen-bond donors (Lipinski definition) is 0. The summed E-state index contributed by atoms with van der Waals surface area (Å²) in [5.41, 5.74) is 2.77. The number of ether oxygens (including phenoxy) is 3. The van der Waals surface area contributed by atoms with E-state index in [4.69, 9.17) is 19.5 Å². The van der Waals surface area contributed by atoms with E-state index in [1.165, 1.54) is 5.56 Å². The van der Waals surface area contributed by atoms with E-state index < -0.39 is 0 Å². The van der Waals surface area contributed by atoms with Crippen LogP contribution in [0.15, 0.2) is 6.07 Å². The van der Waals surface area contributed by atoms with Crippen LogP contribution in [0.1, 0.15) is 29.7 Å². The van der Waals surface area contributed by atoms with E-state index in [9.17, 15) is 0 Å². The van der Waals surface area contributed by atoms with Gasteiger partial charge >= 0.3 is 0 Å². The third-order valence-electron chi connectivity index (χ3n) is 3.24. The van der Waals surface area contributed by atoms with Crippen molar-refractivity contribution in [3.63, 3.8) is 0 Å². The van der Waals surface area contributed by atoms with Crippen molar-refractivity contribution < 1.29 is 14.2 Å². The molecule has 0 spiro atoms. The van der Waals surface area contributed by atoms with E-state index in [0.717, 1.165) is 31.4 Å². The number of nitrogens with zero attached hydrogens (tertiary/aromatic N) is 2. The van der Waals surface area contributed by atoms with Gasteiger partial charge in [0.05, 0.1) is 6.61 Å². The Morgan fingerprint density at radius 2 is 2.15 bits per heavy atom. The van der Waals surface area contributed by atoms with E-state index >= 15 is 0 Å². The Balaban J connectivity index is 1.79. The number of nitriles is 1. The van der Waals surface area contributed by atoms with Crippen molar-refractivity contribution >= 4 is 0 Å². The molecule has 0 bridgehead atoms. The van der Waals surface area contributed by atoms with Crippen molar-refractivity contribution in [2.24, 2.45) is 0 Å². The average Bonchev–Trinajstić information content (AvgIpc) is 2.92. The zero-order valence-corrected chi connectivity index (χ0v) is 11.9. The second-order valence-corrected chi connectivity index (χ2v) is 4.72. The SMILES string of the molecule is COCCCOCCOc1nc2c(cc1C#N)CCC2. The highest BCUT2D eigenvalue weighted by atomic mass is 16.5. The first kappa shape index (κ1) is 14.8. The van der Waals surface area contributed by atoms with Crippen molar-refractivity contribution in [3.8, 4) is 11.9 Å². The lowest BCUT2D eigenvalue weighted by Gasteiger charge is -2.09. The highest BCUT2D eigenvalue weighted by molar-refractivity contribution is 5.44. The van der Waals surface area contributed by atoms with Crippen LogP contribution in [0.4, 0.5) is 0 Å². The molecule has 1 heterocycles. The van der Waals surface area contributed by atoms with Crippen molar-refractivity contribution in [3.05, 3.63) is 22.9 Å². The molecular weight excluding hydrogens is 256 g/mol. The summed E-state index contributed by atoms with van der Waals surface area (Å²) in [7, 11) is 1.67. The molecule has 1 aliphatic rings. The average molecular weight is 276 g/mol. The van der Waals surface area contributed by atoms with Gasteiger partial charge in [0.15, 0.2) is 0 Å². The van der Waals surface area contributed by atoms with Gasteiger partial charge in [-0.3, -0.25) is 0 Å². The van der Waals surface area contributed by atoms with Crippen molar-refractivity contribution in [2.45, 2.75) is 25.7 Å². The van der Waals surface area contributed by atoms with Gasteiger partial charge in [0.1, 0.15) is 18.2 Å². The summed E-state index contributed by atoms with van der Waals surface area (Å²) < 4.78 is 15.9. The maximum Gasteiger partial charge on any atom is 0.232 e. The van der Waals surface area contributed by atoms with Crippen molar-refractivity contribution in [1.29, 1.82) is 5.26 Å². The second kappa shape index (κ2) is 7.83. The fourth-order valence-electron chi connectivity index (χ4n) is 2.25. The molecule has 0 aliphatic heterocycles. The highest BCUT2D eigenvalue weighted by Gasteiger charge is 2.17. The first-order chi connectivity index (χ1) is 9.85. The van der Waals surface area contributed by atoms with Crippen molar-refractivity contribution in [1.82, 2.24) is 4.98 Å². The van der Waals surface area contributed by atoms with Gasteiger partial charge in [-0.25, -0.2) is 4.98 Å². The molecule has 5 heteroatoms. The summed E-state index contributed by atoms with van der Waals surface area (Å²) in [6.07, 6.45) is 3.97. The van der Waals surface area contributed by atoms with Gasteiger partial charge in [0.25, 0.3) is 0 Å². The monoisotopic (exact) mass is 276 g/mol. The molecule has 0 amide bonds. The maximum absolute atomic E-state index is 9.13. The predicted molar refractivity (Wildman–Crippen MR) is 73.8 cm³/mol. The van der Waals surface area contributed by atoms with Crippen molar-refractivity contribution in [2.75, 3.05) is 33.5 Å². The Bertz CT molecular complexity index is 483. The lowest BCUT2D eigenvalue weighted by atomic mass is 10.1. The molecule has 0 unspecified atom stereocenters. The molecule has 1 aliphatic carbocycles. The van der Waals surface area contributed by atoms with Gasteiger partial charge in [-0.2, -0.15) is 5.26 Å². The van der Waals surface area contributed by atoms with E-state index in [-0.39, 0.29) is 0 Å². The molecule has 0 fully saturated rings.